The molecule has 8 heteroatoms. The van der Waals surface area contributed by atoms with Crippen molar-refractivity contribution in [3.05, 3.63) is 100 Å². The molecule has 6 nitrogen and oxygen atoms in total. The molecule has 1 unspecified atom stereocenters. The number of hydrogen-bond acceptors (Lipinski definition) is 4. The van der Waals surface area contributed by atoms with Gasteiger partial charge in [0.05, 0.1) is 5.41 Å². The molecule has 1 aliphatic carbocycles. The molecule has 3 aliphatic rings. The minimum absolute atomic E-state index is 0.0222. The third-order valence-corrected chi connectivity index (χ3v) is 8.09. The minimum Gasteiger partial charge on any atom is -0.310 e. The molecule has 0 fully saturated rings. The Bertz CT molecular complexity index is 1580. The van der Waals surface area contributed by atoms with E-state index in [1.165, 1.54) is 12.1 Å². The predicted molar refractivity (Wildman–Crippen MR) is 145 cm³/mol. The van der Waals surface area contributed by atoms with Crippen LogP contribution in [0.2, 0.25) is 0 Å². The molecule has 0 radical (unpaired) electrons. The van der Waals surface area contributed by atoms with Crippen LogP contribution in [0.15, 0.2) is 65.8 Å². The Balaban J connectivity index is 1.25. The number of nitrogens with zero attached hydrogens (tertiary/aromatic N) is 3. The summed E-state index contributed by atoms with van der Waals surface area (Å²) in [5.74, 6) is -1.21. The molecule has 39 heavy (non-hydrogen) atoms. The van der Waals surface area contributed by atoms with Crippen molar-refractivity contribution < 1.29 is 18.4 Å². The molecule has 1 spiro atoms. The van der Waals surface area contributed by atoms with E-state index < -0.39 is 22.7 Å². The number of hydrogen-bond donors (Lipinski definition) is 1. The highest BCUT2D eigenvalue weighted by Crippen LogP contribution is 2.46. The Kier molecular flexibility index (Phi) is 5.75. The summed E-state index contributed by atoms with van der Waals surface area (Å²) in [5, 5.41) is 2.93. The number of carbonyl (C=O) groups excluding carboxylic acids is 2. The van der Waals surface area contributed by atoms with E-state index >= 15 is 0 Å². The fourth-order valence-corrected chi connectivity index (χ4v) is 6.05. The first kappa shape index (κ1) is 25.1. The number of anilines is 1. The average molecular weight is 527 g/mol. The molecule has 2 aromatic carbocycles. The van der Waals surface area contributed by atoms with Crippen LogP contribution in [0, 0.1) is 17.6 Å². The smallest absolute Gasteiger partial charge is 0.270 e. The van der Waals surface area contributed by atoms with E-state index in [-0.39, 0.29) is 29.8 Å². The summed E-state index contributed by atoms with van der Waals surface area (Å²) in [6.45, 7) is 5.66. The zero-order valence-corrected chi connectivity index (χ0v) is 22.0. The fraction of sp³-hybridized carbons (Fsp3) is 0.290. The zero-order chi connectivity index (χ0) is 27.5. The summed E-state index contributed by atoms with van der Waals surface area (Å²) >= 11 is 0. The Labute approximate surface area is 225 Å². The molecule has 2 atom stereocenters. The van der Waals surface area contributed by atoms with E-state index in [9.17, 15) is 18.4 Å². The summed E-state index contributed by atoms with van der Waals surface area (Å²) in [7, 11) is 0. The first-order valence-electron chi connectivity index (χ1n) is 13.0. The molecule has 2 aliphatic heterocycles. The van der Waals surface area contributed by atoms with Crippen molar-refractivity contribution in [2.45, 2.75) is 44.7 Å². The van der Waals surface area contributed by atoms with Gasteiger partial charge in [0.25, 0.3) is 5.91 Å². The number of halogens is 2. The van der Waals surface area contributed by atoms with Crippen LogP contribution in [0.3, 0.4) is 0 Å². The first-order chi connectivity index (χ1) is 18.6. The average Bonchev–Trinajstić information content (AvgIpc) is 3.49. The third kappa shape index (κ3) is 3.97. The molecule has 6 rings (SSSR count). The lowest BCUT2D eigenvalue weighted by atomic mass is 9.79. The molecule has 0 bridgehead atoms. The topological polar surface area (TPSA) is 74.7 Å². The Morgan fingerprint density at radius 2 is 1.79 bits per heavy atom. The van der Waals surface area contributed by atoms with Crippen LogP contribution >= 0.6 is 0 Å². The molecular weight excluding hydrogens is 498 g/mol. The van der Waals surface area contributed by atoms with Gasteiger partial charge in [-0.15, -0.1) is 0 Å². The fourth-order valence-electron chi connectivity index (χ4n) is 6.05. The van der Waals surface area contributed by atoms with Crippen LogP contribution in [0.1, 0.15) is 48.6 Å². The van der Waals surface area contributed by atoms with Gasteiger partial charge in [-0.3, -0.25) is 14.6 Å². The third-order valence-electron chi connectivity index (χ3n) is 8.09. The van der Waals surface area contributed by atoms with Gasteiger partial charge in [-0.1, -0.05) is 50.3 Å². The highest BCUT2D eigenvalue weighted by molar-refractivity contribution is 6.41. The predicted octanol–water partition coefficient (Wildman–Crippen LogP) is 5.17. The SMILES string of the molecule is CC(C)C1=N[C@@](C)(c2cc(F)cc(F)c2)N(C/C=C/c2ccc3c(c2)CC2(C3)C(=O)Nc3ncccc32)C1=O. The number of aromatic nitrogens is 1. The number of carbonyl (C=O) groups is 2. The maximum atomic E-state index is 14.1. The normalized spacial score (nSPS) is 23.6. The minimum atomic E-state index is -1.23. The molecule has 2 amide bonds. The van der Waals surface area contributed by atoms with Gasteiger partial charge in [-0.2, -0.15) is 0 Å². The number of amides is 2. The quantitative estimate of drug-likeness (QED) is 0.498. The molecule has 1 N–H and O–H groups in total. The van der Waals surface area contributed by atoms with Crippen molar-refractivity contribution in [2.75, 3.05) is 11.9 Å². The Hall–Kier alpha value is -4.20. The van der Waals surface area contributed by atoms with Crippen molar-refractivity contribution in [2.24, 2.45) is 10.9 Å². The number of nitrogens with one attached hydrogen (secondary N) is 1. The number of aliphatic imine (C=N–C) groups is 1. The lowest BCUT2D eigenvalue weighted by Crippen LogP contribution is -2.43. The van der Waals surface area contributed by atoms with Gasteiger partial charge in [0.1, 0.15) is 23.2 Å². The number of pyridine rings is 1. The highest BCUT2D eigenvalue weighted by Gasteiger charge is 2.51. The molecular formula is C31H28F2N4O2. The van der Waals surface area contributed by atoms with Gasteiger partial charge in [0.15, 0.2) is 5.66 Å². The summed E-state index contributed by atoms with van der Waals surface area (Å²) < 4.78 is 28.2. The molecule has 3 aromatic rings. The van der Waals surface area contributed by atoms with Crippen LogP contribution < -0.4 is 5.32 Å². The molecule has 3 heterocycles. The largest absolute Gasteiger partial charge is 0.310 e. The van der Waals surface area contributed by atoms with Gasteiger partial charge < -0.3 is 10.2 Å². The number of benzene rings is 2. The van der Waals surface area contributed by atoms with Gasteiger partial charge in [-0.25, -0.2) is 13.8 Å². The van der Waals surface area contributed by atoms with Crippen LogP contribution in [-0.4, -0.2) is 34.0 Å². The van der Waals surface area contributed by atoms with Crippen LogP contribution in [-0.2, 0) is 33.5 Å². The van der Waals surface area contributed by atoms with Crippen molar-refractivity contribution in [1.29, 1.82) is 0 Å². The van der Waals surface area contributed by atoms with Gasteiger partial charge >= 0.3 is 0 Å². The van der Waals surface area contributed by atoms with E-state index in [4.69, 9.17) is 0 Å². The Morgan fingerprint density at radius 1 is 1.05 bits per heavy atom. The van der Waals surface area contributed by atoms with Crippen molar-refractivity contribution >= 4 is 29.4 Å². The van der Waals surface area contributed by atoms with E-state index in [1.54, 1.807) is 18.0 Å². The Morgan fingerprint density at radius 3 is 2.54 bits per heavy atom. The second-order valence-corrected chi connectivity index (χ2v) is 11.0. The van der Waals surface area contributed by atoms with Gasteiger partial charge in [0, 0.05) is 35.9 Å². The summed E-state index contributed by atoms with van der Waals surface area (Å²) in [4.78, 5) is 36.8. The van der Waals surface area contributed by atoms with Crippen molar-refractivity contribution in [3.8, 4) is 0 Å². The zero-order valence-electron chi connectivity index (χ0n) is 22.0. The second-order valence-electron chi connectivity index (χ2n) is 11.0. The summed E-state index contributed by atoms with van der Waals surface area (Å²) in [6.07, 6.45) is 6.67. The van der Waals surface area contributed by atoms with E-state index in [0.717, 1.165) is 28.3 Å². The summed E-state index contributed by atoms with van der Waals surface area (Å²) in [5.41, 5.74) is 2.90. The second kappa shape index (κ2) is 8.93. The van der Waals surface area contributed by atoms with Crippen LogP contribution in [0.25, 0.3) is 6.08 Å². The molecule has 0 saturated heterocycles. The van der Waals surface area contributed by atoms with Crippen molar-refractivity contribution in [3.63, 3.8) is 0 Å². The lowest BCUT2D eigenvalue weighted by molar-refractivity contribution is -0.127. The standard InChI is InChI=1S/C31H28F2N4O2/c1-18(2)26-28(38)37(30(3,36-26)22-13-23(32)15-24(33)14-22)11-5-6-19-8-9-20-16-31(17-21(20)12-19)25-7-4-10-34-27(25)35-29(31)39/h4-10,12-15,18H,11,16-17H2,1-3H3,(H,34,35,39)/b6-5+/t30-,31?/m1/s1. The number of fused-ring (bicyclic) bond motifs is 3. The summed E-state index contributed by atoms with van der Waals surface area (Å²) in [6, 6.07) is 13.2. The van der Waals surface area contributed by atoms with E-state index in [2.05, 4.69) is 21.4 Å². The van der Waals surface area contributed by atoms with Crippen LogP contribution in [0.5, 0.6) is 0 Å². The van der Waals surface area contributed by atoms with Crippen LogP contribution in [0.4, 0.5) is 14.6 Å². The van der Waals surface area contributed by atoms with E-state index in [1.807, 2.05) is 50.3 Å². The molecule has 198 valence electrons. The number of rotatable bonds is 5. The molecule has 1 aromatic heterocycles. The lowest BCUT2D eigenvalue weighted by Gasteiger charge is -2.33. The highest BCUT2D eigenvalue weighted by atomic mass is 19.1. The molecule has 0 saturated carbocycles. The van der Waals surface area contributed by atoms with Gasteiger partial charge in [0.2, 0.25) is 5.91 Å². The first-order valence-corrected chi connectivity index (χ1v) is 13.0. The maximum absolute atomic E-state index is 14.1. The van der Waals surface area contributed by atoms with Gasteiger partial charge in [-0.05, 0) is 54.7 Å². The maximum Gasteiger partial charge on any atom is 0.270 e. The van der Waals surface area contributed by atoms with E-state index in [0.29, 0.717) is 24.4 Å². The van der Waals surface area contributed by atoms with Crippen molar-refractivity contribution in [1.82, 2.24) is 9.88 Å². The monoisotopic (exact) mass is 526 g/mol.